The highest BCUT2D eigenvalue weighted by Crippen LogP contribution is 2.16. The number of ketones is 2. The molecule has 0 spiro atoms. The monoisotopic (exact) mass is 476 g/mol. The Morgan fingerprint density at radius 3 is 1.72 bits per heavy atom. The first-order chi connectivity index (χ1) is 14.3. The van der Waals surface area contributed by atoms with Gasteiger partial charge < -0.3 is 26.4 Å². The number of hydrogen-bond donors (Lipinski definition) is 4. The molecule has 6 N–H and O–H groups in total. The van der Waals surface area contributed by atoms with Gasteiger partial charge in [0.25, 0.3) is 0 Å². The smallest absolute Gasteiger partial charge is 0.320 e. The van der Waals surface area contributed by atoms with E-state index in [1.165, 1.54) is 18.9 Å². The third kappa shape index (κ3) is 18.6. The van der Waals surface area contributed by atoms with E-state index >= 15 is 0 Å². The van der Waals surface area contributed by atoms with Crippen LogP contribution in [0, 0.1) is 5.92 Å². The molecule has 0 rings (SSSR count). The molecule has 0 aromatic heterocycles. The number of Topliss-reactive ketones (excluding diaryl/α,β-unsaturated/α-hetero) is 2. The Labute approximate surface area is 195 Å². The van der Waals surface area contributed by atoms with Crippen LogP contribution in [-0.4, -0.2) is 59.2 Å². The van der Waals surface area contributed by atoms with Gasteiger partial charge in [0.2, 0.25) is 0 Å². The van der Waals surface area contributed by atoms with Crippen molar-refractivity contribution < 1.29 is 34.1 Å². The van der Waals surface area contributed by atoms with E-state index < -0.39 is 24.0 Å². The van der Waals surface area contributed by atoms with Crippen LogP contribution in [0.5, 0.6) is 0 Å². The molecular weight excluding hydrogens is 436 g/mol. The standard InChI is InChI=1S/C11H19NO4.C10H17NO3S.CH4/c1-7(8(2)16-3)6-9(13)4-5-10(12)11(14)15;1-7(15-2)3-4-8(12)5-6-9(11)10(13)14;/h7,10H,2,4-6,12H2,1,3H3,(H,14,15);9H,1,3-6,11H2,2H3,(H,13,14);1H4. The summed E-state index contributed by atoms with van der Waals surface area (Å²) < 4.78 is 4.91. The van der Waals surface area contributed by atoms with Gasteiger partial charge in [-0.25, -0.2) is 0 Å². The molecule has 0 saturated heterocycles. The van der Waals surface area contributed by atoms with E-state index in [9.17, 15) is 19.2 Å². The maximum Gasteiger partial charge on any atom is 0.320 e. The molecule has 0 aromatic carbocycles. The number of rotatable bonds is 16. The van der Waals surface area contributed by atoms with Crippen LogP contribution in [0.25, 0.3) is 0 Å². The van der Waals surface area contributed by atoms with Gasteiger partial charge in [0.1, 0.15) is 23.7 Å². The average Bonchev–Trinajstić information content (AvgIpc) is 2.73. The first-order valence-electron chi connectivity index (χ1n) is 9.80. The normalized spacial score (nSPS) is 12.7. The quantitative estimate of drug-likeness (QED) is 0.243. The first-order valence-corrected chi connectivity index (χ1v) is 11.0. The van der Waals surface area contributed by atoms with Crippen molar-refractivity contribution in [3.63, 3.8) is 0 Å². The molecule has 0 radical (unpaired) electrons. The van der Waals surface area contributed by atoms with Gasteiger partial charge in [0, 0.05) is 31.6 Å². The summed E-state index contributed by atoms with van der Waals surface area (Å²) in [5.41, 5.74) is 10.6. The number of allylic oxidation sites excluding steroid dienone is 2. The van der Waals surface area contributed by atoms with Crippen molar-refractivity contribution in [3.8, 4) is 0 Å². The maximum absolute atomic E-state index is 11.5. The van der Waals surface area contributed by atoms with Crippen LogP contribution in [0.1, 0.15) is 59.3 Å². The van der Waals surface area contributed by atoms with Crippen LogP contribution in [0.2, 0.25) is 0 Å². The molecule has 0 aliphatic heterocycles. The molecule has 0 aliphatic rings. The van der Waals surface area contributed by atoms with Crippen molar-refractivity contribution in [1.82, 2.24) is 0 Å². The molecular formula is C22H40N2O7S. The second-order valence-corrected chi connectivity index (χ2v) is 8.05. The topological polar surface area (TPSA) is 170 Å². The van der Waals surface area contributed by atoms with Crippen LogP contribution < -0.4 is 11.5 Å². The second kappa shape index (κ2) is 19.5. The highest BCUT2D eigenvalue weighted by molar-refractivity contribution is 8.02. The van der Waals surface area contributed by atoms with E-state index in [2.05, 4.69) is 13.2 Å². The first kappa shape index (κ1) is 34.4. The highest BCUT2D eigenvalue weighted by Gasteiger charge is 2.16. The number of aliphatic carboxylic acids is 2. The molecule has 3 unspecified atom stereocenters. The van der Waals surface area contributed by atoms with E-state index in [0.29, 0.717) is 25.0 Å². The van der Waals surface area contributed by atoms with Gasteiger partial charge in [0.05, 0.1) is 12.9 Å². The summed E-state index contributed by atoms with van der Waals surface area (Å²) in [7, 11) is 1.50. The van der Waals surface area contributed by atoms with Crippen molar-refractivity contribution in [2.45, 2.75) is 71.4 Å². The molecule has 0 aliphatic carbocycles. The number of hydrogen-bond acceptors (Lipinski definition) is 8. The summed E-state index contributed by atoms with van der Waals surface area (Å²) in [5, 5.41) is 17.0. The van der Waals surface area contributed by atoms with Crippen molar-refractivity contribution in [1.29, 1.82) is 0 Å². The largest absolute Gasteiger partial charge is 0.501 e. The van der Waals surface area contributed by atoms with E-state index in [1.54, 1.807) is 0 Å². The zero-order valence-corrected chi connectivity index (χ0v) is 19.4. The number of carboxylic acid groups (broad SMARTS) is 2. The fourth-order valence-electron chi connectivity index (χ4n) is 2.14. The van der Waals surface area contributed by atoms with Crippen LogP contribution >= 0.6 is 11.8 Å². The minimum absolute atomic E-state index is 0. The van der Waals surface area contributed by atoms with Gasteiger partial charge in [-0.15, -0.1) is 11.8 Å². The minimum Gasteiger partial charge on any atom is -0.501 e. The molecule has 0 bridgehead atoms. The number of carbonyl (C=O) groups is 4. The Kier molecular flexibility index (Phi) is 21.0. The Morgan fingerprint density at radius 1 is 0.906 bits per heavy atom. The summed E-state index contributed by atoms with van der Waals surface area (Å²) in [6, 6.07) is -1.90. The predicted octanol–water partition coefficient (Wildman–Crippen LogP) is 2.97. The summed E-state index contributed by atoms with van der Waals surface area (Å²) >= 11 is 1.53. The van der Waals surface area contributed by atoms with Crippen molar-refractivity contribution >= 4 is 35.3 Å². The molecule has 0 saturated carbocycles. The minimum atomic E-state index is -1.08. The van der Waals surface area contributed by atoms with E-state index in [1.807, 2.05) is 13.2 Å². The van der Waals surface area contributed by atoms with Gasteiger partial charge in [-0.05, 0) is 30.4 Å². The number of methoxy groups -OCH3 is 1. The number of carbonyl (C=O) groups excluding carboxylic acids is 2. The molecule has 9 nitrogen and oxygen atoms in total. The van der Waals surface area contributed by atoms with Crippen LogP contribution in [-0.2, 0) is 23.9 Å². The SMILES string of the molecule is C.C=C(CCC(=O)CCC(N)C(=O)O)SC.C=C(OC)C(C)CC(=O)CCC(N)C(=O)O. The summed E-state index contributed by atoms with van der Waals surface area (Å²) in [6.07, 6.45) is 4.07. The average molecular weight is 477 g/mol. The Balaban J connectivity index is -0.000000511. The van der Waals surface area contributed by atoms with Crippen molar-refractivity contribution in [3.05, 3.63) is 23.8 Å². The highest BCUT2D eigenvalue weighted by atomic mass is 32.2. The number of ether oxygens (including phenoxy) is 1. The molecule has 32 heavy (non-hydrogen) atoms. The lowest BCUT2D eigenvalue weighted by Gasteiger charge is -2.12. The van der Waals surface area contributed by atoms with E-state index in [4.69, 9.17) is 26.4 Å². The third-order valence-electron chi connectivity index (χ3n) is 4.42. The van der Waals surface area contributed by atoms with Crippen LogP contribution in [0.15, 0.2) is 23.8 Å². The molecule has 10 heteroatoms. The Bertz CT molecular complexity index is 638. The zero-order valence-electron chi connectivity index (χ0n) is 18.6. The summed E-state index contributed by atoms with van der Waals surface area (Å²) in [5.74, 6) is -1.63. The molecule has 0 fully saturated rings. The van der Waals surface area contributed by atoms with E-state index in [-0.39, 0.29) is 50.6 Å². The van der Waals surface area contributed by atoms with Gasteiger partial charge >= 0.3 is 11.9 Å². The predicted molar refractivity (Wildman–Crippen MR) is 128 cm³/mol. The maximum atomic E-state index is 11.5. The molecule has 0 heterocycles. The van der Waals surface area contributed by atoms with Crippen molar-refractivity contribution in [2.75, 3.05) is 13.4 Å². The lowest BCUT2D eigenvalue weighted by Crippen LogP contribution is -2.30. The van der Waals surface area contributed by atoms with Gasteiger partial charge in [0.15, 0.2) is 0 Å². The van der Waals surface area contributed by atoms with Crippen LogP contribution in [0.3, 0.4) is 0 Å². The molecule has 0 amide bonds. The fourth-order valence-corrected chi connectivity index (χ4v) is 2.45. The third-order valence-corrected chi connectivity index (χ3v) is 5.20. The number of thioether (sulfide) groups is 1. The summed E-state index contributed by atoms with van der Waals surface area (Å²) in [6.45, 7) is 9.25. The van der Waals surface area contributed by atoms with Gasteiger partial charge in [-0.2, -0.15) is 0 Å². The zero-order chi connectivity index (χ0) is 24.6. The number of nitrogens with two attached hydrogens (primary N) is 2. The second-order valence-electron chi connectivity index (χ2n) is 7.06. The fraction of sp³-hybridized carbons (Fsp3) is 0.636. The Morgan fingerprint density at radius 2 is 1.34 bits per heavy atom. The van der Waals surface area contributed by atoms with Crippen LogP contribution in [0.4, 0.5) is 0 Å². The molecule has 0 aromatic rings. The van der Waals surface area contributed by atoms with Gasteiger partial charge in [-0.1, -0.05) is 27.5 Å². The lowest BCUT2D eigenvalue weighted by molar-refractivity contribution is -0.139. The summed E-state index contributed by atoms with van der Waals surface area (Å²) in [4.78, 5) is 44.5. The van der Waals surface area contributed by atoms with Crippen molar-refractivity contribution in [2.24, 2.45) is 17.4 Å². The van der Waals surface area contributed by atoms with Gasteiger partial charge in [-0.3, -0.25) is 19.2 Å². The Hall–Kier alpha value is -2.17. The molecule has 186 valence electrons. The van der Waals surface area contributed by atoms with E-state index in [0.717, 1.165) is 4.91 Å². The number of carboxylic acids is 2. The lowest BCUT2D eigenvalue weighted by atomic mass is 9.99. The molecule has 3 atom stereocenters.